The van der Waals surface area contributed by atoms with Crippen molar-refractivity contribution in [1.29, 1.82) is 5.26 Å². The van der Waals surface area contributed by atoms with Crippen molar-refractivity contribution in [2.75, 3.05) is 18.0 Å². The van der Waals surface area contributed by atoms with E-state index in [1.54, 1.807) is 6.07 Å². The van der Waals surface area contributed by atoms with E-state index >= 15 is 0 Å². The van der Waals surface area contributed by atoms with Gasteiger partial charge in [-0.2, -0.15) is 5.26 Å². The molecule has 7 heteroatoms. The number of non-ortho nitro benzene ring substituents is 1. The van der Waals surface area contributed by atoms with Gasteiger partial charge in [-0.1, -0.05) is 12.1 Å². The molecule has 0 N–H and O–H groups in total. The summed E-state index contributed by atoms with van der Waals surface area (Å²) in [6.45, 7) is 1.46. The molecule has 0 radical (unpaired) electrons. The SMILES string of the molecule is N#Cc1cc([N+](=O)[O-])ccc1N1CCC[C@@H](c2nc3ccccc3o2)C1. The van der Waals surface area contributed by atoms with Crippen LogP contribution >= 0.6 is 0 Å². The highest BCUT2D eigenvalue weighted by Gasteiger charge is 2.27. The van der Waals surface area contributed by atoms with Gasteiger partial charge in [-0.15, -0.1) is 0 Å². The van der Waals surface area contributed by atoms with Gasteiger partial charge in [0.25, 0.3) is 5.69 Å². The van der Waals surface area contributed by atoms with Gasteiger partial charge in [0.1, 0.15) is 11.6 Å². The average molecular weight is 348 g/mol. The first kappa shape index (κ1) is 16.1. The van der Waals surface area contributed by atoms with Crippen molar-refractivity contribution in [2.45, 2.75) is 18.8 Å². The van der Waals surface area contributed by atoms with E-state index in [0.29, 0.717) is 18.0 Å². The summed E-state index contributed by atoms with van der Waals surface area (Å²) in [5.74, 6) is 0.828. The first-order chi connectivity index (χ1) is 12.7. The standard InChI is InChI=1S/C19H16N4O3/c20-11-14-10-15(23(24)25)7-8-17(14)22-9-3-4-13(12-22)19-21-16-5-1-2-6-18(16)26-19/h1-2,5-8,10,13H,3-4,9,12H2/t13-/m1/s1. The Morgan fingerprint density at radius 3 is 2.92 bits per heavy atom. The lowest BCUT2D eigenvalue weighted by Crippen LogP contribution is -2.35. The minimum absolute atomic E-state index is 0.0715. The molecule has 1 aliphatic rings. The quantitative estimate of drug-likeness (QED) is 0.524. The second-order valence-electron chi connectivity index (χ2n) is 6.38. The van der Waals surface area contributed by atoms with Gasteiger partial charge in [-0.25, -0.2) is 4.98 Å². The van der Waals surface area contributed by atoms with Crippen LogP contribution in [0.2, 0.25) is 0 Å². The number of nitrogens with zero attached hydrogens (tertiary/aromatic N) is 4. The molecule has 2 heterocycles. The maximum absolute atomic E-state index is 10.9. The highest BCUT2D eigenvalue weighted by molar-refractivity contribution is 5.72. The number of nitro groups is 1. The molecule has 1 fully saturated rings. The van der Waals surface area contributed by atoms with Crippen LogP contribution in [-0.4, -0.2) is 23.0 Å². The molecule has 130 valence electrons. The lowest BCUT2D eigenvalue weighted by Gasteiger charge is -2.33. The summed E-state index contributed by atoms with van der Waals surface area (Å²) in [7, 11) is 0. The Balaban J connectivity index is 1.62. The molecule has 3 aromatic rings. The molecule has 1 aromatic heterocycles. The number of hydrogen-bond acceptors (Lipinski definition) is 6. The number of rotatable bonds is 3. The van der Waals surface area contributed by atoms with Crippen LogP contribution in [0.3, 0.4) is 0 Å². The van der Waals surface area contributed by atoms with Crippen LogP contribution in [0.15, 0.2) is 46.9 Å². The zero-order valence-electron chi connectivity index (χ0n) is 14.0. The van der Waals surface area contributed by atoms with Crippen molar-refractivity contribution in [1.82, 2.24) is 4.98 Å². The van der Waals surface area contributed by atoms with Crippen LogP contribution in [-0.2, 0) is 0 Å². The summed E-state index contributed by atoms with van der Waals surface area (Å²) in [6.07, 6.45) is 1.89. The van der Waals surface area contributed by atoms with Crippen LogP contribution < -0.4 is 4.90 Å². The summed E-state index contributed by atoms with van der Waals surface area (Å²) >= 11 is 0. The molecule has 1 aliphatic heterocycles. The third kappa shape index (κ3) is 2.86. The molecule has 0 amide bonds. The summed E-state index contributed by atoms with van der Waals surface area (Å²) in [4.78, 5) is 17.1. The van der Waals surface area contributed by atoms with Crippen LogP contribution in [0.4, 0.5) is 11.4 Å². The third-order valence-electron chi connectivity index (χ3n) is 4.73. The fourth-order valence-corrected chi connectivity index (χ4v) is 3.47. The van der Waals surface area contributed by atoms with Gasteiger partial charge in [-0.05, 0) is 31.0 Å². The highest BCUT2D eigenvalue weighted by Crippen LogP contribution is 2.33. The fraction of sp³-hybridized carbons (Fsp3) is 0.263. The Labute approximate surface area is 149 Å². The number of oxazole rings is 1. The number of aromatic nitrogens is 1. The van der Waals surface area contributed by atoms with Gasteiger partial charge >= 0.3 is 0 Å². The molecule has 0 unspecified atom stereocenters. The average Bonchev–Trinajstić information content (AvgIpc) is 3.12. The maximum Gasteiger partial charge on any atom is 0.270 e. The second kappa shape index (κ2) is 6.48. The number of nitro benzene ring substituents is 1. The minimum Gasteiger partial charge on any atom is -0.440 e. The van der Waals surface area contributed by atoms with Gasteiger partial charge in [0.2, 0.25) is 0 Å². The van der Waals surface area contributed by atoms with E-state index in [9.17, 15) is 15.4 Å². The largest absolute Gasteiger partial charge is 0.440 e. The predicted molar refractivity (Wildman–Crippen MR) is 96.0 cm³/mol. The van der Waals surface area contributed by atoms with E-state index in [1.165, 1.54) is 12.1 Å². The van der Waals surface area contributed by atoms with Gasteiger partial charge in [0.15, 0.2) is 11.5 Å². The van der Waals surface area contributed by atoms with Crippen molar-refractivity contribution < 1.29 is 9.34 Å². The summed E-state index contributed by atoms with van der Waals surface area (Å²) in [5.41, 5.74) is 2.58. The van der Waals surface area contributed by atoms with E-state index in [1.807, 2.05) is 24.3 Å². The number of para-hydroxylation sites is 2. The molecule has 1 saturated heterocycles. The van der Waals surface area contributed by atoms with Crippen molar-refractivity contribution in [3.8, 4) is 6.07 Å². The predicted octanol–water partition coefficient (Wildman–Crippen LogP) is 3.99. The third-order valence-corrected chi connectivity index (χ3v) is 4.73. The molecule has 0 spiro atoms. The Bertz CT molecular complexity index is 988. The molecule has 1 atom stereocenters. The van der Waals surface area contributed by atoms with Gasteiger partial charge < -0.3 is 9.32 Å². The summed E-state index contributed by atoms with van der Waals surface area (Å²) in [5, 5.41) is 20.3. The fourth-order valence-electron chi connectivity index (χ4n) is 3.47. The number of hydrogen-bond donors (Lipinski definition) is 0. The Morgan fingerprint density at radius 1 is 1.31 bits per heavy atom. The van der Waals surface area contributed by atoms with E-state index < -0.39 is 4.92 Å². The first-order valence-corrected chi connectivity index (χ1v) is 8.44. The molecule has 7 nitrogen and oxygen atoms in total. The lowest BCUT2D eigenvalue weighted by atomic mass is 9.96. The molecule has 26 heavy (non-hydrogen) atoms. The van der Waals surface area contributed by atoms with Crippen LogP contribution in [0.1, 0.15) is 30.2 Å². The number of piperidine rings is 1. The molecule has 0 aliphatic carbocycles. The van der Waals surface area contributed by atoms with E-state index in [0.717, 1.165) is 36.2 Å². The zero-order valence-corrected chi connectivity index (χ0v) is 14.0. The Hall–Kier alpha value is -3.40. The highest BCUT2D eigenvalue weighted by atomic mass is 16.6. The Kier molecular flexibility index (Phi) is 4.01. The van der Waals surface area contributed by atoms with Crippen molar-refractivity contribution in [3.05, 3.63) is 64.0 Å². The molecular formula is C19H16N4O3. The molecule has 2 aromatic carbocycles. The second-order valence-corrected chi connectivity index (χ2v) is 6.38. The Morgan fingerprint density at radius 2 is 2.15 bits per heavy atom. The van der Waals surface area contributed by atoms with Gasteiger partial charge in [-0.3, -0.25) is 10.1 Å². The smallest absolute Gasteiger partial charge is 0.270 e. The normalized spacial score (nSPS) is 17.2. The minimum atomic E-state index is -0.484. The van der Waals surface area contributed by atoms with Crippen molar-refractivity contribution >= 4 is 22.5 Å². The molecule has 0 saturated carbocycles. The van der Waals surface area contributed by atoms with Crippen LogP contribution in [0.25, 0.3) is 11.1 Å². The lowest BCUT2D eigenvalue weighted by molar-refractivity contribution is -0.384. The molecular weight excluding hydrogens is 332 g/mol. The number of benzene rings is 2. The maximum atomic E-state index is 10.9. The van der Waals surface area contributed by atoms with Gasteiger partial charge in [0.05, 0.1) is 22.1 Å². The summed E-state index contributed by atoms with van der Waals surface area (Å²) < 4.78 is 5.91. The van der Waals surface area contributed by atoms with E-state index in [-0.39, 0.29) is 11.6 Å². The zero-order chi connectivity index (χ0) is 18.1. The number of anilines is 1. The van der Waals surface area contributed by atoms with Gasteiger partial charge in [0, 0.05) is 25.2 Å². The van der Waals surface area contributed by atoms with E-state index in [2.05, 4.69) is 16.0 Å². The summed E-state index contributed by atoms with van der Waals surface area (Å²) in [6, 6.07) is 14.2. The molecule has 4 rings (SSSR count). The van der Waals surface area contributed by atoms with Crippen molar-refractivity contribution in [3.63, 3.8) is 0 Å². The number of nitriles is 1. The van der Waals surface area contributed by atoms with Crippen molar-refractivity contribution in [2.24, 2.45) is 0 Å². The van der Waals surface area contributed by atoms with E-state index in [4.69, 9.17) is 4.42 Å². The topological polar surface area (TPSA) is 96.2 Å². The molecule has 0 bridgehead atoms. The monoisotopic (exact) mass is 348 g/mol. The van der Waals surface area contributed by atoms with Crippen LogP contribution in [0, 0.1) is 21.4 Å². The first-order valence-electron chi connectivity index (χ1n) is 8.44. The van der Waals surface area contributed by atoms with Crippen LogP contribution in [0.5, 0.6) is 0 Å². The number of fused-ring (bicyclic) bond motifs is 1.